The molecular weight excluding hydrogens is 416 g/mol. The third-order valence-electron chi connectivity index (χ3n) is 5.57. The molecule has 0 radical (unpaired) electrons. The Balaban J connectivity index is 1.48. The van der Waals surface area contributed by atoms with Crippen LogP contribution in [0.3, 0.4) is 0 Å². The number of carbonyl (C=O) groups excluding carboxylic acids is 1. The van der Waals surface area contributed by atoms with Gasteiger partial charge in [0.25, 0.3) is 0 Å². The van der Waals surface area contributed by atoms with E-state index >= 15 is 0 Å². The van der Waals surface area contributed by atoms with E-state index in [1.165, 1.54) is 12.1 Å². The Morgan fingerprint density at radius 3 is 2.32 bits per heavy atom. The Morgan fingerprint density at radius 1 is 1.13 bits per heavy atom. The van der Waals surface area contributed by atoms with Crippen molar-refractivity contribution >= 4 is 27.3 Å². The molecule has 168 valence electrons. The molecule has 1 heterocycles. The number of morpholine rings is 1. The van der Waals surface area contributed by atoms with Gasteiger partial charge in [-0.05, 0) is 55.9 Å². The van der Waals surface area contributed by atoms with E-state index in [-0.39, 0.29) is 16.8 Å². The first-order chi connectivity index (χ1) is 14.7. The quantitative estimate of drug-likeness (QED) is 0.644. The average molecular weight is 447 g/mol. The van der Waals surface area contributed by atoms with Crippen LogP contribution in [0.25, 0.3) is 0 Å². The molecule has 2 aromatic rings. The summed E-state index contributed by atoms with van der Waals surface area (Å²) < 4.78 is 28.2. The van der Waals surface area contributed by atoms with Crippen molar-refractivity contribution in [3.63, 3.8) is 0 Å². The summed E-state index contributed by atoms with van der Waals surface area (Å²) in [6.45, 7) is 5.80. The van der Waals surface area contributed by atoms with E-state index < -0.39 is 10.0 Å². The number of hydrogen-bond acceptors (Lipinski definition) is 6. The van der Waals surface area contributed by atoms with Crippen molar-refractivity contribution in [3.05, 3.63) is 54.1 Å². The van der Waals surface area contributed by atoms with E-state index in [4.69, 9.17) is 9.88 Å². The third kappa shape index (κ3) is 6.51. The Bertz CT molecular complexity index is 972. The number of carbonyl (C=O) groups is 1. The topological polar surface area (TPSA) is 105 Å². The lowest BCUT2D eigenvalue weighted by molar-refractivity contribution is -0.116. The van der Waals surface area contributed by atoms with Crippen LogP contribution in [-0.2, 0) is 19.6 Å². The van der Waals surface area contributed by atoms with Gasteiger partial charge in [0, 0.05) is 43.5 Å². The molecule has 9 heteroatoms. The number of amides is 1. The second kappa shape index (κ2) is 10.2. The molecule has 1 atom stereocenters. The molecule has 0 bridgehead atoms. The minimum Gasteiger partial charge on any atom is -0.378 e. The van der Waals surface area contributed by atoms with Gasteiger partial charge in [-0.3, -0.25) is 9.69 Å². The number of anilines is 2. The molecule has 3 N–H and O–H groups in total. The maximum absolute atomic E-state index is 12.4. The molecule has 8 nitrogen and oxygen atoms in total. The lowest BCUT2D eigenvalue weighted by Gasteiger charge is -2.29. The maximum atomic E-state index is 12.4. The Labute approximate surface area is 184 Å². The van der Waals surface area contributed by atoms with Crippen LogP contribution < -0.4 is 15.4 Å². The number of ether oxygens (including phenoxy) is 1. The van der Waals surface area contributed by atoms with Crippen molar-refractivity contribution in [3.8, 4) is 0 Å². The third-order valence-corrected chi connectivity index (χ3v) is 6.50. The van der Waals surface area contributed by atoms with Crippen molar-refractivity contribution in [1.82, 2.24) is 4.90 Å². The van der Waals surface area contributed by atoms with Crippen molar-refractivity contribution in [2.45, 2.75) is 24.3 Å². The van der Waals surface area contributed by atoms with E-state index in [1.807, 2.05) is 43.1 Å². The highest BCUT2D eigenvalue weighted by molar-refractivity contribution is 7.89. The summed E-state index contributed by atoms with van der Waals surface area (Å²) in [5.74, 6) is -0.0530. The highest BCUT2D eigenvalue weighted by Gasteiger charge is 2.15. The lowest BCUT2D eigenvalue weighted by Crippen LogP contribution is -2.36. The minimum atomic E-state index is -3.70. The number of primary sulfonamides is 1. The molecule has 1 unspecified atom stereocenters. The van der Waals surface area contributed by atoms with Gasteiger partial charge in [-0.25, -0.2) is 13.6 Å². The first-order valence-corrected chi connectivity index (χ1v) is 11.8. The monoisotopic (exact) mass is 446 g/mol. The van der Waals surface area contributed by atoms with Crippen LogP contribution in [0.15, 0.2) is 53.4 Å². The second-order valence-electron chi connectivity index (χ2n) is 7.72. The van der Waals surface area contributed by atoms with Gasteiger partial charge in [-0.15, -0.1) is 0 Å². The number of hydrogen-bond donors (Lipinski definition) is 2. The van der Waals surface area contributed by atoms with Crippen molar-refractivity contribution < 1.29 is 17.9 Å². The molecule has 1 aliphatic heterocycles. The van der Waals surface area contributed by atoms with Gasteiger partial charge in [0.1, 0.15) is 0 Å². The van der Waals surface area contributed by atoms with Crippen LogP contribution in [-0.4, -0.2) is 59.1 Å². The molecule has 0 saturated carbocycles. The van der Waals surface area contributed by atoms with Gasteiger partial charge in [0.15, 0.2) is 0 Å². The molecule has 2 aromatic carbocycles. The van der Waals surface area contributed by atoms with Gasteiger partial charge in [0.05, 0.1) is 18.1 Å². The van der Waals surface area contributed by atoms with Crippen molar-refractivity contribution in [2.24, 2.45) is 5.14 Å². The fourth-order valence-electron chi connectivity index (χ4n) is 3.46. The summed E-state index contributed by atoms with van der Waals surface area (Å²) in [7, 11) is -1.77. The summed E-state index contributed by atoms with van der Waals surface area (Å²) in [5.41, 5.74) is 2.86. The molecule has 1 saturated heterocycles. The molecule has 0 spiro atoms. The standard InChI is InChI=1S/C22H30N4O4S/c1-17(18-3-9-21(10-4-18)31(23,28)29)25(2)12-11-22(27)24-19-5-7-20(8-6-19)26-13-15-30-16-14-26/h3-10,17H,11-16H2,1-2H3,(H,24,27)(H2,23,28,29). The zero-order valence-electron chi connectivity index (χ0n) is 18.0. The van der Waals surface area contributed by atoms with Crippen LogP contribution in [0.1, 0.15) is 24.9 Å². The minimum absolute atomic E-state index is 0.0233. The molecule has 3 rings (SSSR count). The summed E-state index contributed by atoms with van der Waals surface area (Å²) in [6.07, 6.45) is 0.349. The fraction of sp³-hybridized carbons (Fsp3) is 0.409. The van der Waals surface area contributed by atoms with Gasteiger partial charge in [-0.2, -0.15) is 0 Å². The lowest BCUT2D eigenvalue weighted by atomic mass is 10.1. The van der Waals surface area contributed by atoms with Crippen molar-refractivity contribution in [1.29, 1.82) is 0 Å². The Kier molecular flexibility index (Phi) is 7.66. The first kappa shape index (κ1) is 23.2. The Hall–Kier alpha value is -2.46. The number of benzene rings is 2. The number of sulfonamides is 1. The summed E-state index contributed by atoms with van der Waals surface area (Å²) in [6, 6.07) is 14.4. The molecule has 0 aliphatic carbocycles. The normalized spacial score (nSPS) is 15.7. The number of nitrogens with zero attached hydrogens (tertiary/aromatic N) is 2. The summed E-state index contributed by atoms with van der Waals surface area (Å²) in [5, 5.41) is 8.08. The van der Waals surface area contributed by atoms with Gasteiger partial charge < -0.3 is 15.0 Å². The van der Waals surface area contributed by atoms with Crippen LogP contribution in [0.5, 0.6) is 0 Å². The van der Waals surface area contributed by atoms with Crippen LogP contribution in [0.4, 0.5) is 11.4 Å². The van der Waals surface area contributed by atoms with E-state index in [1.54, 1.807) is 12.1 Å². The Morgan fingerprint density at radius 2 is 1.74 bits per heavy atom. The first-order valence-electron chi connectivity index (χ1n) is 10.3. The molecular formula is C22H30N4O4S. The average Bonchev–Trinajstić information content (AvgIpc) is 2.77. The number of nitrogens with two attached hydrogens (primary N) is 1. The van der Waals surface area contributed by atoms with E-state index in [2.05, 4.69) is 10.2 Å². The highest BCUT2D eigenvalue weighted by Crippen LogP contribution is 2.21. The van der Waals surface area contributed by atoms with E-state index in [9.17, 15) is 13.2 Å². The van der Waals surface area contributed by atoms with E-state index in [0.717, 1.165) is 43.2 Å². The van der Waals surface area contributed by atoms with Crippen LogP contribution in [0.2, 0.25) is 0 Å². The van der Waals surface area contributed by atoms with Gasteiger partial charge in [-0.1, -0.05) is 12.1 Å². The predicted octanol–water partition coefficient (Wildman–Crippen LogP) is 2.19. The zero-order chi connectivity index (χ0) is 22.4. The van der Waals surface area contributed by atoms with Gasteiger partial charge >= 0.3 is 0 Å². The molecule has 0 aromatic heterocycles. The smallest absolute Gasteiger partial charge is 0.238 e. The molecule has 1 amide bonds. The fourth-order valence-corrected chi connectivity index (χ4v) is 3.98. The summed E-state index contributed by atoms with van der Waals surface area (Å²) in [4.78, 5) is 16.8. The van der Waals surface area contributed by atoms with Gasteiger partial charge in [0.2, 0.25) is 15.9 Å². The number of nitrogens with one attached hydrogen (secondary N) is 1. The van der Waals surface area contributed by atoms with Crippen molar-refractivity contribution in [2.75, 3.05) is 50.1 Å². The predicted molar refractivity (Wildman–Crippen MR) is 122 cm³/mol. The zero-order valence-corrected chi connectivity index (χ0v) is 18.8. The SMILES string of the molecule is CC(c1ccc(S(N)(=O)=O)cc1)N(C)CCC(=O)Nc1ccc(N2CCOCC2)cc1. The number of rotatable bonds is 8. The van der Waals surface area contributed by atoms with E-state index in [0.29, 0.717) is 13.0 Å². The molecule has 1 aliphatic rings. The molecule has 1 fully saturated rings. The largest absolute Gasteiger partial charge is 0.378 e. The maximum Gasteiger partial charge on any atom is 0.238 e. The second-order valence-corrected chi connectivity index (χ2v) is 9.28. The van der Waals surface area contributed by atoms with Crippen LogP contribution in [0, 0.1) is 0 Å². The highest BCUT2D eigenvalue weighted by atomic mass is 32.2. The van der Waals surface area contributed by atoms with Crippen LogP contribution >= 0.6 is 0 Å². The summed E-state index contributed by atoms with van der Waals surface area (Å²) >= 11 is 0. The molecule has 31 heavy (non-hydrogen) atoms.